The van der Waals surface area contributed by atoms with E-state index in [1.165, 1.54) is 25.7 Å². The lowest BCUT2D eigenvalue weighted by Crippen LogP contribution is -2.30. The lowest BCUT2D eigenvalue weighted by Gasteiger charge is -2.23. The van der Waals surface area contributed by atoms with Crippen molar-refractivity contribution in [2.45, 2.75) is 44.6 Å². The van der Waals surface area contributed by atoms with Crippen LogP contribution in [0, 0.1) is 0 Å². The van der Waals surface area contributed by atoms with E-state index in [1.807, 2.05) is 0 Å². The number of hydrogen-bond donors (Lipinski definition) is 1. The highest BCUT2D eigenvalue weighted by Gasteiger charge is 2.18. The first-order valence-corrected chi connectivity index (χ1v) is 5.59. The molecule has 0 bridgehead atoms. The molecular weight excluding hydrogens is 180 g/mol. The van der Waals surface area contributed by atoms with Crippen LogP contribution in [-0.4, -0.2) is 29.5 Å². The molecule has 0 aromatic heterocycles. The zero-order valence-corrected chi connectivity index (χ0v) is 9.28. The van der Waals surface area contributed by atoms with Crippen molar-refractivity contribution in [2.24, 2.45) is 5.73 Å². The fourth-order valence-electron chi connectivity index (χ4n) is 2.03. The van der Waals surface area contributed by atoms with Crippen LogP contribution in [0.1, 0.15) is 38.5 Å². The van der Waals surface area contributed by atoms with E-state index in [2.05, 4.69) is 11.9 Å². The number of hydrogen-bond acceptors (Lipinski definition) is 2. The highest BCUT2D eigenvalue weighted by Crippen LogP contribution is 2.22. The second-order valence-corrected chi connectivity index (χ2v) is 4.51. The molecule has 0 radical (unpaired) electrons. The monoisotopic (exact) mass is 200 g/mol. The molecule has 3 heteroatoms. The van der Waals surface area contributed by atoms with Crippen LogP contribution < -0.4 is 5.73 Å². The van der Waals surface area contributed by atoms with Gasteiger partial charge in [-0.1, -0.05) is 25.1 Å². The van der Waals surface area contributed by atoms with Crippen molar-refractivity contribution >= 4 is 17.2 Å². The van der Waals surface area contributed by atoms with Gasteiger partial charge in [0, 0.05) is 6.04 Å². The Hall–Kier alpha value is -0.150. The Kier molecular flexibility index (Phi) is 4.67. The van der Waals surface area contributed by atoms with Crippen LogP contribution in [0.15, 0.2) is 0 Å². The van der Waals surface area contributed by atoms with Gasteiger partial charge in [-0.05, 0) is 39.3 Å². The summed E-state index contributed by atoms with van der Waals surface area (Å²) in [5.41, 5.74) is 5.45. The molecule has 76 valence electrons. The van der Waals surface area contributed by atoms with Crippen LogP contribution in [-0.2, 0) is 0 Å². The molecule has 0 spiro atoms. The van der Waals surface area contributed by atoms with E-state index in [9.17, 15) is 0 Å². The summed E-state index contributed by atoms with van der Waals surface area (Å²) in [4.78, 5) is 3.12. The van der Waals surface area contributed by atoms with Crippen LogP contribution in [0.25, 0.3) is 0 Å². The van der Waals surface area contributed by atoms with Crippen LogP contribution in [0.2, 0.25) is 0 Å². The van der Waals surface area contributed by atoms with Crippen LogP contribution in [0.4, 0.5) is 0 Å². The lowest BCUT2D eigenvalue weighted by atomic mass is 10.2. The maximum atomic E-state index is 5.45. The summed E-state index contributed by atoms with van der Waals surface area (Å²) in [7, 11) is 2.22. The molecule has 2 N–H and O–H groups in total. The molecule has 0 aromatic rings. The summed E-state index contributed by atoms with van der Waals surface area (Å²) in [6.07, 6.45) is 7.58. The topological polar surface area (TPSA) is 29.3 Å². The maximum absolute atomic E-state index is 5.45. The summed E-state index contributed by atoms with van der Waals surface area (Å²) >= 11 is 4.84. The summed E-state index contributed by atoms with van der Waals surface area (Å²) in [6, 6.07) is 0.825. The predicted molar refractivity (Wildman–Crippen MR) is 60.9 cm³/mol. The fourth-order valence-corrected chi connectivity index (χ4v) is 2.17. The molecule has 1 aliphatic rings. The van der Waals surface area contributed by atoms with Crippen molar-refractivity contribution in [3.63, 3.8) is 0 Å². The molecule has 1 aliphatic carbocycles. The van der Waals surface area contributed by atoms with Crippen molar-refractivity contribution in [2.75, 3.05) is 13.6 Å². The van der Waals surface area contributed by atoms with E-state index < -0.39 is 0 Å². The van der Waals surface area contributed by atoms with Crippen LogP contribution in [0.5, 0.6) is 0 Å². The number of nitrogens with two attached hydrogens (primary N) is 1. The Morgan fingerprint density at radius 1 is 1.46 bits per heavy atom. The van der Waals surface area contributed by atoms with E-state index in [4.69, 9.17) is 18.0 Å². The van der Waals surface area contributed by atoms with Gasteiger partial charge >= 0.3 is 0 Å². The molecule has 1 saturated carbocycles. The number of thiocarbonyl (C=S) groups is 1. The molecule has 13 heavy (non-hydrogen) atoms. The van der Waals surface area contributed by atoms with Gasteiger partial charge in [-0.25, -0.2) is 0 Å². The Morgan fingerprint density at radius 3 is 2.62 bits per heavy atom. The largest absolute Gasteiger partial charge is 0.393 e. The van der Waals surface area contributed by atoms with E-state index in [1.54, 1.807) is 0 Å². The fraction of sp³-hybridized carbons (Fsp3) is 0.900. The van der Waals surface area contributed by atoms with Gasteiger partial charge in [0.25, 0.3) is 0 Å². The van der Waals surface area contributed by atoms with Crippen molar-refractivity contribution < 1.29 is 0 Å². The first-order valence-electron chi connectivity index (χ1n) is 5.18. The molecule has 0 atom stereocenters. The van der Waals surface area contributed by atoms with Gasteiger partial charge in [-0.15, -0.1) is 0 Å². The molecule has 0 aliphatic heterocycles. The molecule has 0 unspecified atom stereocenters. The average Bonchev–Trinajstić information content (AvgIpc) is 2.55. The Morgan fingerprint density at radius 2 is 2.08 bits per heavy atom. The molecule has 1 rings (SSSR count). The van der Waals surface area contributed by atoms with Gasteiger partial charge in [0.15, 0.2) is 0 Å². The average molecular weight is 200 g/mol. The minimum Gasteiger partial charge on any atom is -0.393 e. The molecular formula is C10H20N2S. The number of rotatable bonds is 5. The minimum absolute atomic E-state index is 0.653. The standard InChI is InChI=1S/C10H20N2S/c1-12(8-4-7-10(11)13)9-5-2-3-6-9/h9H,2-8H2,1H3,(H2,11,13). The molecule has 0 saturated heterocycles. The highest BCUT2D eigenvalue weighted by molar-refractivity contribution is 7.80. The smallest absolute Gasteiger partial charge is 0.0727 e. The first kappa shape index (κ1) is 10.9. The summed E-state index contributed by atoms with van der Waals surface area (Å²) in [5, 5.41) is 0. The Bertz CT molecular complexity index is 164. The van der Waals surface area contributed by atoms with Crippen molar-refractivity contribution in [1.82, 2.24) is 4.90 Å². The molecule has 0 heterocycles. The third kappa shape index (κ3) is 4.05. The molecule has 2 nitrogen and oxygen atoms in total. The lowest BCUT2D eigenvalue weighted by molar-refractivity contribution is 0.244. The highest BCUT2D eigenvalue weighted by atomic mass is 32.1. The van der Waals surface area contributed by atoms with Crippen molar-refractivity contribution in [1.29, 1.82) is 0 Å². The quantitative estimate of drug-likeness (QED) is 0.688. The molecule has 1 fully saturated rings. The van der Waals surface area contributed by atoms with E-state index in [0.717, 1.165) is 25.4 Å². The molecule has 0 aromatic carbocycles. The van der Waals surface area contributed by atoms with Gasteiger partial charge < -0.3 is 10.6 Å². The van der Waals surface area contributed by atoms with E-state index in [0.29, 0.717) is 4.99 Å². The summed E-state index contributed by atoms with van der Waals surface area (Å²) in [5.74, 6) is 0. The minimum atomic E-state index is 0.653. The molecule has 0 amide bonds. The van der Waals surface area contributed by atoms with Crippen molar-refractivity contribution in [3.8, 4) is 0 Å². The van der Waals surface area contributed by atoms with Crippen LogP contribution in [0.3, 0.4) is 0 Å². The van der Waals surface area contributed by atoms with Gasteiger partial charge in [0.1, 0.15) is 0 Å². The first-order chi connectivity index (χ1) is 6.20. The summed E-state index contributed by atoms with van der Waals surface area (Å²) < 4.78 is 0. The van der Waals surface area contributed by atoms with Gasteiger partial charge in [0.2, 0.25) is 0 Å². The zero-order valence-electron chi connectivity index (χ0n) is 8.46. The SMILES string of the molecule is CN(CCCC(N)=S)C1CCCC1. The van der Waals surface area contributed by atoms with E-state index in [-0.39, 0.29) is 0 Å². The Labute approximate surface area is 86.5 Å². The van der Waals surface area contributed by atoms with Gasteiger partial charge in [-0.2, -0.15) is 0 Å². The van der Waals surface area contributed by atoms with Gasteiger partial charge in [0.05, 0.1) is 4.99 Å². The van der Waals surface area contributed by atoms with Crippen LogP contribution >= 0.6 is 12.2 Å². The zero-order chi connectivity index (χ0) is 9.68. The van der Waals surface area contributed by atoms with Gasteiger partial charge in [-0.3, -0.25) is 0 Å². The summed E-state index contributed by atoms with van der Waals surface area (Å²) in [6.45, 7) is 1.14. The van der Waals surface area contributed by atoms with Crippen molar-refractivity contribution in [3.05, 3.63) is 0 Å². The maximum Gasteiger partial charge on any atom is 0.0727 e. The third-order valence-electron chi connectivity index (χ3n) is 2.88. The normalized spacial score (nSPS) is 18.3. The van der Waals surface area contributed by atoms with E-state index >= 15 is 0 Å². The second-order valence-electron chi connectivity index (χ2n) is 3.99. The second kappa shape index (κ2) is 5.55. The number of nitrogens with zero attached hydrogens (tertiary/aromatic N) is 1. The predicted octanol–water partition coefficient (Wildman–Crippen LogP) is 1.93. The Balaban J connectivity index is 2.09. The third-order valence-corrected chi connectivity index (χ3v) is 3.09.